The van der Waals surface area contributed by atoms with Gasteiger partial charge in [0.25, 0.3) is 0 Å². The van der Waals surface area contributed by atoms with Gasteiger partial charge >= 0.3 is 0 Å². The molecular weight excluding hydrogens is 236 g/mol. The first kappa shape index (κ1) is 15.3. The molecule has 1 N–H and O–H groups in total. The van der Waals surface area contributed by atoms with Crippen molar-refractivity contribution in [3.05, 3.63) is 0 Å². The van der Waals surface area contributed by atoms with E-state index in [1.807, 2.05) is 0 Å². The molecule has 1 aliphatic heterocycles. The van der Waals surface area contributed by atoms with Crippen LogP contribution in [0.1, 0.15) is 52.9 Å². The Balaban J connectivity index is 2.00. The van der Waals surface area contributed by atoms with Crippen LogP contribution < -0.4 is 5.32 Å². The number of nitrogens with zero attached hydrogens (tertiary/aromatic N) is 1. The van der Waals surface area contributed by atoms with Crippen LogP contribution in [0.4, 0.5) is 0 Å². The quantitative estimate of drug-likeness (QED) is 0.848. The maximum Gasteiger partial charge on any atom is 0.0678 e. The Kier molecular flexibility index (Phi) is 5.67. The van der Waals surface area contributed by atoms with Gasteiger partial charge in [-0.25, -0.2) is 0 Å². The van der Waals surface area contributed by atoms with Gasteiger partial charge in [0.2, 0.25) is 0 Å². The highest BCUT2D eigenvalue weighted by atomic mass is 16.5. The average molecular weight is 268 g/mol. The van der Waals surface area contributed by atoms with Crippen molar-refractivity contribution >= 4 is 0 Å². The first-order valence-electron chi connectivity index (χ1n) is 8.20. The maximum atomic E-state index is 5.89. The second kappa shape index (κ2) is 7.05. The van der Waals surface area contributed by atoms with Gasteiger partial charge in [0.1, 0.15) is 0 Å². The monoisotopic (exact) mass is 268 g/mol. The highest BCUT2D eigenvalue weighted by Crippen LogP contribution is 2.32. The first-order chi connectivity index (χ1) is 9.13. The van der Waals surface area contributed by atoms with Crippen LogP contribution in [0.25, 0.3) is 0 Å². The molecule has 0 aromatic rings. The number of likely N-dealkylation sites (N-methyl/N-ethyl adjacent to an activating group) is 1. The number of nitrogens with one attached hydrogen (secondary N) is 1. The van der Waals surface area contributed by atoms with E-state index in [4.69, 9.17) is 4.74 Å². The summed E-state index contributed by atoms with van der Waals surface area (Å²) in [6.45, 7) is 8.95. The molecule has 5 atom stereocenters. The predicted molar refractivity (Wildman–Crippen MR) is 80.5 cm³/mol. The molecule has 0 spiro atoms. The summed E-state index contributed by atoms with van der Waals surface area (Å²) >= 11 is 0. The number of morpholine rings is 1. The van der Waals surface area contributed by atoms with Gasteiger partial charge in [0.05, 0.1) is 12.2 Å². The lowest BCUT2D eigenvalue weighted by Gasteiger charge is -2.46. The summed E-state index contributed by atoms with van der Waals surface area (Å²) < 4.78 is 5.89. The normalized spacial score (nSPS) is 41.4. The summed E-state index contributed by atoms with van der Waals surface area (Å²) in [7, 11) is 2.13. The van der Waals surface area contributed by atoms with Crippen LogP contribution >= 0.6 is 0 Å². The van der Waals surface area contributed by atoms with Crippen LogP contribution in [0.2, 0.25) is 0 Å². The Labute approximate surface area is 119 Å². The fourth-order valence-electron chi connectivity index (χ4n) is 4.13. The van der Waals surface area contributed by atoms with Crippen molar-refractivity contribution in [2.45, 2.75) is 77.2 Å². The van der Waals surface area contributed by atoms with E-state index in [1.165, 1.54) is 32.1 Å². The highest BCUT2D eigenvalue weighted by molar-refractivity contribution is 4.92. The zero-order valence-electron chi connectivity index (χ0n) is 13.2. The number of rotatable bonds is 4. The molecule has 0 radical (unpaired) electrons. The van der Waals surface area contributed by atoms with Gasteiger partial charge < -0.3 is 10.1 Å². The van der Waals surface area contributed by atoms with E-state index >= 15 is 0 Å². The number of hydrogen-bond donors (Lipinski definition) is 1. The van der Waals surface area contributed by atoms with E-state index in [0.717, 1.165) is 19.0 Å². The smallest absolute Gasteiger partial charge is 0.0678 e. The summed E-state index contributed by atoms with van der Waals surface area (Å²) in [5, 5.41) is 3.56. The molecule has 2 rings (SSSR count). The lowest BCUT2D eigenvalue weighted by Crippen LogP contribution is -2.58. The summed E-state index contributed by atoms with van der Waals surface area (Å²) in [6.07, 6.45) is 7.62. The molecule has 1 heterocycles. The summed E-state index contributed by atoms with van der Waals surface area (Å²) in [5.41, 5.74) is 0. The fraction of sp³-hybridized carbons (Fsp3) is 1.00. The molecule has 0 bridgehead atoms. The summed E-state index contributed by atoms with van der Waals surface area (Å²) in [4.78, 5) is 2.70. The molecular formula is C16H32N2O. The van der Waals surface area contributed by atoms with Gasteiger partial charge in [-0.1, -0.05) is 19.8 Å². The third-order valence-corrected chi connectivity index (χ3v) is 4.91. The standard InChI is InChI=1S/C16H32N2O/c1-5-6-14-7-8-15(17-4)16(9-14)18-10-12(2)19-13(3)11-18/h12-17H,5-11H2,1-4H3/t12-,13+,14?,15?,16?. The molecule has 1 saturated heterocycles. The van der Waals surface area contributed by atoms with Crippen LogP contribution in [0.3, 0.4) is 0 Å². The van der Waals surface area contributed by atoms with Crippen molar-refractivity contribution in [2.24, 2.45) is 5.92 Å². The summed E-state index contributed by atoms with van der Waals surface area (Å²) in [5.74, 6) is 0.938. The van der Waals surface area contributed by atoms with E-state index in [9.17, 15) is 0 Å². The minimum absolute atomic E-state index is 0.382. The molecule has 1 saturated carbocycles. The molecule has 3 unspecified atom stereocenters. The minimum atomic E-state index is 0.382. The second-order valence-electron chi connectivity index (χ2n) is 6.64. The predicted octanol–water partition coefficient (Wildman–Crippen LogP) is 2.65. The molecule has 0 aromatic carbocycles. The molecule has 19 heavy (non-hydrogen) atoms. The van der Waals surface area contributed by atoms with E-state index in [2.05, 4.69) is 38.0 Å². The third kappa shape index (κ3) is 3.93. The molecule has 3 nitrogen and oxygen atoms in total. The van der Waals surface area contributed by atoms with Crippen LogP contribution in [0.5, 0.6) is 0 Å². The van der Waals surface area contributed by atoms with Crippen LogP contribution in [-0.2, 0) is 4.74 Å². The largest absolute Gasteiger partial charge is 0.373 e. The van der Waals surface area contributed by atoms with E-state index in [0.29, 0.717) is 24.3 Å². The SMILES string of the molecule is CCCC1CCC(NC)C(N2C[C@@H](C)O[C@@H](C)C2)C1. The van der Waals surface area contributed by atoms with Crippen LogP contribution in [0.15, 0.2) is 0 Å². The third-order valence-electron chi connectivity index (χ3n) is 4.91. The zero-order valence-corrected chi connectivity index (χ0v) is 13.2. The Morgan fingerprint density at radius 3 is 2.42 bits per heavy atom. The summed E-state index contributed by atoms with van der Waals surface area (Å²) in [6, 6.07) is 1.38. The highest BCUT2D eigenvalue weighted by Gasteiger charge is 2.36. The Bertz CT molecular complexity index is 261. The molecule has 0 aromatic heterocycles. The van der Waals surface area contributed by atoms with Gasteiger partial charge in [0.15, 0.2) is 0 Å². The van der Waals surface area contributed by atoms with Crippen molar-refractivity contribution in [1.82, 2.24) is 10.2 Å². The first-order valence-corrected chi connectivity index (χ1v) is 8.20. The molecule has 3 heteroatoms. The second-order valence-corrected chi connectivity index (χ2v) is 6.64. The van der Waals surface area contributed by atoms with Crippen LogP contribution in [0, 0.1) is 5.92 Å². The van der Waals surface area contributed by atoms with Gasteiger partial charge in [0, 0.05) is 25.2 Å². The van der Waals surface area contributed by atoms with E-state index in [-0.39, 0.29) is 0 Å². The van der Waals surface area contributed by atoms with Crippen molar-refractivity contribution < 1.29 is 4.74 Å². The van der Waals surface area contributed by atoms with Gasteiger partial charge in [-0.3, -0.25) is 4.90 Å². The minimum Gasteiger partial charge on any atom is -0.373 e. The topological polar surface area (TPSA) is 24.5 Å². The zero-order chi connectivity index (χ0) is 13.8. The molecule has 1 aliphatic carbocycles. The fourth-order valence-corrected chi connectivity index (χ4v) is 4.13. The van der Waals surface area contributed by atoms with Crippen molar-refractivity contribution in [3.63, 3.8) is 0 Å². The van der Waals surface area contributed by atoms with Crippen molar-refractivity contribution in [3.8, 4) is 0 Å². The molecule has 2 aliphatic rings. The average Bonchev–Trinajstić information content (AvgIpc) is 2.38. The molecule has 0 amide bonds. The lowest BCUT2D eigenvalue weighted by molar-refractivity contribution is -0.0903. The number of hydrogen-bond acceptors (Lipinski definition) is 3. The molecule has 112 valence electrons. The van der Waals surface area contributed by atoms with Gasteiger partial charge in [-0.05, 0) is 46.1 Å². The van der Waals surface area contributed by atoms with Crippen LogP contribution in [-0.4, -0.2) is 49.3 Å². The Hall–Kier alpha value is -0.120. The maximum absolute atomic E-state index is 5.89. The number of ether oxygens (including phenoxy) is 1. The Morgan fingerprint density at radius 2 is 1.84 bits per heavy atom. The van der Waals surface area contributed by atoms with Crippen molar-refractivity contribution in [2.75, 3.05) is 20.1 Å². The van der Waals surface area contributed by atoms with E-state index < -0.39 is 0 Å². The van der Waals surface area contributed by atoms with E-state index in [1.54, 1.807) is 0 Å². The van der Waals surface area contributed by atoms with Crippen molar-refractivity contribution in [1.29, 1.82) is 0 Å². The van der Waals surface area contributed by atoms with Gasteiger partial charge in [-0.2, -0.15) is 0 Å². The van der Waals surface area contributed by atoms with Gasteiger partial charge in [-0.15, -0.1) is 0 Å². The Morgan fingerprint density at radius 1 is 1.16 bits per heavy atom. The molecule has 2 fully saturated rings. The lowest BCUT2D eigenvalue weighted by atomic mass is 9.79.